The number of hydrogen-bond acceptors (Lipinski definition) is 2. The van der Waals surface area contributed by atoms with Crippen molar-refractivity contribution >= 4 is 0 Å². The first kappa shape index (κ1) is 12.7. The van der Waals surface area contributed by atoms with E-state index in [1.807, 2.05) is 13.0 Å². The second kappa shape index (κ2) is 5.27. The SMILES string of the molecule is CCNC(c1ccn(C)n1)c1ccc(F)cc1F. The van der Waals surface area contributed by atoms with Crippen molar-refractivity contribution in [3.8, 4) is 0 Å². The van der Waals surface area contributed by atoms with Gasteiger partial charge in [0.05, 0.1) is 11.7 Å². The Hall–Kier alpha value is -1.75. The predicted octanol–water partition coefficient (Wildman–Crippen LogP) is 2.40. The largest absolute Gasteiger partial charge is 0.305 e. The molecule has 0 aliphatic rings. The Morgan fingerprint density at radius 3 is 2.67 bits per heavy atom. The third-order valence-corrected chi connectivity index (χ3v) is 2.71. The van der Waals surface area contributed by atoms with E-state index in [2.05, 4.69) is 10.4 Å². The van der Waals surface area contributed by atoms with Crippen molar-refractivity contribution < 1.29 is 8.78 Å². The third-order valence-electron chi connectivity index (χ3n) is 2.71. The topological polar surface area (TPSA) is 29.9 Å². The van der Waals surface area contributed by atoms with Gasteiger partial charge in [-0.1, -0.05) is 13.0 Å². The average molecular weight is 251 g/mol. The Bertz CT molecular complexity index is 537. The summed E-state index contributed by atoms with van der Waals surface area (Å²) >= 11 is 0. The van der Waals surface area contributed by atoms with Crippen molar-refractivity contribution in [2.45, 2.75) is 13.0 Å². The van der Waals surface area contributed by atoms with Crippen molar-refractivity contribution in [3.63, 3.8) is 0 Å². The number of rotatable bonds is 4. The van der Waals surface area contributed by atoms with Crippen LogP contribution in [0.2, 0.25) is 0 Å². The minimum atomic E-state index is -0.576. The summed E-state index contributed by atoms with van der Waals surface area (Å²) in [6, 6.07) is 5.05. The molecule has 96 valence electrons. The highest BCUT2D eigenvalue weighted by Gasteiger charge is 2.19. The molecule has 1 aromatic carbocycles. The van der Waals surface area contributed by atoms with Gasteiger partial charge in [0.2, 0.25) is 0 Å². The summed E-state index contributed by atoms with van der Waals surface area (Å²) in [5.74, 6) is -1.14. The van der Waals surface area contributed by atoms with Crippen molar-refractivity contribution in [2.24, 2.45) is 7.05 Å². The van der Waals surface area contributed by atoms with Gasteiger partial charge in [0.25, 0.3) is 0 Å². The zero-order valence-electron chi connectivity index (χ0n) is 10.3. The lowest BCUT2D eigenvalue weighted by molar-refractivity contribution is 0.532. The maximum absolute atomic E-state index is 13.8. The standard InChI is InChI=1S/C13H15F2N3/c1-3-16-13(12-6-7-18(2)17-12)10-5-4-9(14)8-11(10)15/h4-8,13,16H,3H2,1-2H3. The second-order valence-corrected chi connectivity index (χ2v) is 4.07. The molecule has 1 N–H and O–H groups in total. The summed E-state index contributed by atoms with van der Waals surface area (Å²) in [5, 5.41) is 7.41. The number of aryl methyl sites for hydroxylation is 1. The lowest BCUT2D eigenvalue weighted by atomic mass is 10.0. The summed E-state index contributed by atoms with van der Waals surface area (Å²) in [5.41, 5.74) is 1.11. The molecule has 0 amide bonds. The van der Waals surface area contributed by atoms with E-state index < -0.39 is 11.6 Å². The first-order valence-electron chi connectivity index (χ1n) is 5.79. The lowest BCUT2D eigenvalue weighted by Gasteiger charge is -2.16. The molecule has 0 aliphatic heterocycles. The summed E-state index contributed by atoms with van der Waals surface area (Å²) in [4.78, 5) is 0. The van der Waals surface area contributed by atoms with Gasteiger partial charge in [-0.3, -0.25) is 4.68 Å². The molecule has 0 radical (unpaired) electrons. The van der Waals surface area contributed by atoms with Gasteiger partial charge in [0, 0.05) is 24.9 Å². The fourth-order valence-corrected chi connectivity index (χ4v) is 1.90. The van der Waals surface area contributed by atoms with Crippen LogP contribution in [0.25, 0.3) is 0 Å². The smallest absolute Gasteiger partial charge is 0.131 e. The number of hydrogen-bond donors (Lipinski definition) is 1. The Morgan fingerprint density at radius 1 is 1.33 bits per heavy atom. The molecule has 18 heavy (non-hydrogen) atoms. The van der Waals surface area contributed by atoms with E-state index in [1.54, 1.807) is 17.9 Å². The van der Waals surface area contributed by atoms with Gasteiger partial charge >= 0.3 is 0 Å². The van der Waals surface area contributed by atoms with E-state index in [-0.39, 0.29) is 6.04 Å². The van der Waals surface area contributed by atoms with Crippen LogP contribution in [0.15, 0.2) is 30.5 Å². The van der Waals surface area contributed by atoms with Gasteiger partial charge in [0.1, 0.15) is 11.6 Å². The van der Waals surface area contributed by atoms with Gasteiger partial charge in [-0.25, -0.2) is 8.78 Å². The van der Waals surface area contributed by atoms with Gasteiger partial charge in [-0.15, -0.1) is 0 Å². The molecule has 1 atom stereocenters. The molecular formula is C13H15F2N3. The first-order valence-corrected chi connectivity index (χ1v) is 5.79. The van der Waals surface area contributed by atoms with Gasteiger partial charge in [0.15, 0.2) is 0 Å². The van der Waals surface area contributed by atoms with E-state index in [9.17, 15) is 8.78 Å². The van der Waals surface area contributed by atoms with Gasteiger partial charge < -0.3 is 5.32 Å². The highest BCUT2D eigenvalue weighted by Crippen LogP contribution is 2.23. The molecule has 0 saturated heterocycles. The summed E-state index contributed by atoms with van der Waals surface area (Å²) in [6.45, 7) is 2.59. The van der Waals surface area contributed by atoms with Crippen LogP contribution in [0, 0.1) is 11.6 Å². The van der Waals surface area contributed by atoms with Crippen molar-refractivity contribution in [1.29, 1.82) is 0 Å². The molecule has 1 heterocycles. The van der Waals surface area contributed by atoms with Crippen LogP contribution in [0.3, 0.4) is 0 Å². The minimum absolute atomic E-state index is 0.364. The van der Waals surface area contributed by atoms with Crippen LogP contribution in [-0.4, -0.2) is 16.3 Å². The first-order chi connectivity index (χ1) is 8.61. The van der Waals surface area contributed by atoms with E-state index >= 15 is 0 Å². The number of nitrogens with one attached hydrogen (secondary N) is 1. The van der Waals surface area contributed by atoms with E-state index in [0.717, 1.165) is 6.07 Å². The van der Waals surface area contributed by atoms with Crippen LogP contribution < -0.4 is 5.32 Å². The zero-order valence-corrected chi connectivity index (χ0v) is 10.3. The molecule has 1 unspecified atom stereocenters. The fraction of sp³-hybridized carbons (Fsp3) is 0.308. The molecule has 1 aromatic heterocycles. The van der Waals surface area contributed by atoms with E-state index in [4.69, 9.17) is 0 Å². The monoisotopic (exact) mass is 251 g/mol. The van der Waals surface area contributed by atoms with Crippen LogP contribution in [-0.2, 0) is 7.05 Å². The van der Waals surface area contributed by atoms with Crippen molar-refractivity contribution in [2.75, 3.05) is 6.54 Å². The van der Waals surface area contributed by atoms with Crippen LogP contribution >= 0.6 is 0 Å². The quantitative estimate of drug-likeness (QED) is 0.904. The summed E-state index contributed by atoms with van der Waals surface area (Å²) in [6.07, 6.45) is 1.79. The van der Waals surface area contributed by atoms with Crippen LogP contribution in [0.1, 0.15) is 24.2 Å². The molecule has 0 aliphatic carbocycles. The minimum Gasteiger partial charge on any atom is -0.305 e. The number of benzene rings is 1. The maximum Gasteiger partial charge on any atom is 0.131 e. The molecule has 0 saturated carbocycles. The zero-order chi connectivity index (χ0) is 13.1. The number of halogens is 2. The average Bonchev–Trinajstić information content (AvgIpc) is 2.73. The Kier molecular flexibility index (Phi) is 3.72. The van der Waals surface area contributed by atoms with Gasteiger partial charge in [-0.2, -0.15) is 5.10 Å². The molecule has 3 nitrogen and oxygen atoms in total. The number of nitrogens with zero attached hydrogens (tertiary/aromatic N) is 2. The molecule has 2 rings (SSSR count). The van der Waals surface area contributed by atoms with Gasteiger partial charge in [-0.05, 0) is 18.7 Å². The Labute approximate surface area is 104 Å². The predicted molar refractivity (Wildman–Crippen MR) is 65.1 cm³/mol. The molecule has 2 aromatic rings. The Morgan fingerprint density at radius 2 is 2.11 bits per heavy atom. The molecule has 5 heteroatoms. The lowest BCUT2D eigenvalue weighted by Crippen LogP contribution is -2.23. The Balaban J connectivity index is 2.41. The van der Waals surface area contributed by atoms with E-state index in [1.165, 1.54) is 12.1 Å². The van der Waals surface area contributed by atoms with Crippen molar-refractivity contribution in [3.05, 3.63) is 53.4 Å². The normalized spacial score (nSPS) is 12.7. The highest BCUT2D eigenvalue weighted by molar-refractivity contribution is 5.29. The molecule has 0 spiro atoms. The second-order valence-electron chi connectivity index (χ2n) is 4.07. The van der Waals surface area contributed by atoms with Crippen LogP contribution in [0.4, 0.5) is 8.78 Å². The molecule has 0 fully saturated rings. The molecular weight excluding hydrogens is 236 g/mol. The summed E-state index contributed by atoms with van der Waals surface area (Å²) in [7, 11) is 1.80. The van der Waals surface area contributed by atoms with Crippen LogP contribution in [0.5, 0.6) is 0 Å². The molecule has 0 bridgehead atoms. The summed E-state index contributed by atoms with van der Waals surface area (Å²) < 4.78 is 28.4. The number of aromatic nitrogens is 2. The van der Waals surface area contributed by atoms with Crippen molar-refractivity contribution in [1.82, 2.24) is 15.1 Å². The maximum atomic E-state index is 13.8. The van der Waals surface area contributed by atoms with E-state index in [0.29, 0.717) is 17.8 Å². The highest BCUT2D eigenvalue weighted by atomic mass is 19.1. The fourth-order valence-electron chi connectivity index (χ4n) is 1.90. The third kappa shape index (κ3) is 2.56.